The Balaban J connectivity index is 1.81. The molecule has 33 heavy (non-hydrogen) atoms. The molecule has 170 valence electrons. The van der Waals surface area contributed by atoms with Crippen molar-refractivity contribution in [2.75, 3.05) is 25.1 Å². The zero-order valence-corrected chi connectivity index (χ0v) is 18.5. The van der Waals surface area contributed by atoms with Crippen molar-refractivity contribution in [2.45, 2.75) is 13.0 Å². The molecule has 0 radical (unpaired) electrons. The van der Waals surface area contributed by atoms with Crippen LogP contribution in [-0.4, -0.2) is 58.9 Å². The summed E-state index contributed by atoms with van der Waals surface area (Å²) in [6.07, 6.45) is 0.372. The Hall–Kier alpha value is -3.24. The van der Waals surface area contributed by atoms with E-state index in [0.29, 0.717) is 23.0 Å². The molecule has 2 aromatic carbocycles. The number of hydrogen-bond donors (Lipinski definition) is 1. The predicted octanol–water partition coefficient (Wildman–Crippen LogP) is 2.92. The topological polar surface area (TPSA) is 70.8 Å². The van der Waals surface area contributed by atoms with Gasteiger partial charge in [-0.25, -0.2) is 0 Å². The van der Waals surface area contributed by atoms with Gasteiger partial charge < -0.3 is 0 Å². The minimum atomic E-state index is -1.06. The zero-order valence-electron chi connectivity index (χ0n) is 17.8. The number of hydrogen-bond acceptors (Lipinski definition) is 5. The van der Waals surface area contributed by atoms with Crippen LogP contribution in [0.2, 0.25) is 5.02 Å². The number of halogens is 3. The number of carbonyl (C=O) groups excluding carboxylic acids is 1. The molecule has 0 saturated carbocycles. The Labute approximate surface area is 194 Å². The van der Waals surface area contributed by atoms with Gasteiger partial charge in [-0.3, -0.25) is 0 Å². The number of fused-ring (bicyclic) bond motifs is 1. The van der Waals surface area contributed by atoms with E-state index in [1.165, 1.54) is 11.0 Å². The van der Waals surface area contributed by atoms with Crippen molar-refractivity contribution >= 4 is 36.5 Å². The van der Waals surface area contributed by atoms with Crippen molar-refractivity contribution in [1.82, 2.24) is 14.5 Å². The first-order chi connectivity index (χ1) is 15.8. The minimum absolute atomic E-state index is 0.0259. The second kappa shape index (κ2) is 9.32. The van der Waals surface area contributed by atoms with E-state index in [2.05, 4.69) is 12.5 Å². The fourth-order valence-electron chi connectivity index (χ4n) is 3.52. The standard InChI is InChI=1S/C22H20BClF2N4O3/c1-28-19-18(20(32)29(21(28)23)9-2-10-31)30(12-13-3-5-14(24)6-4-13)22(27-19)33-15-7-8-16(25)17(26)11-15/h3-8,11,23,31H,2,9-10,12H2,1H3. The van der Waals surface area contributed by atoms with Gasteiger partial charge in [0.25, 0.3) is 0 Å². The van der Waals surface area contributed by atoms with Crippen LogP contribution in [0, 0.1) is 11.6 Å². The van der Waals surface area contributed by atoms with Crippen LogP contribution in [0.5, 0.6) is 11.8 Å². The van der Waals surface area contributed by atoms with E-state index in [-0.39, 0.29) is 43.1 Å². The van der Waals surface area contributed by atoms with Crippen molar-refractivity contribution in [1.29, 1.82) is 0 Å². The molecule has 7 nitrogen and oxygen atoms in total. The molecule has 3 aromatic rings. The average Bonchev–Trinajstić information content (AvgIpc) is 3.14. The van der Waals surface area contributed by atoms with E-state index in [1.807, 2.05) is 0 Å². The molecule has 0 fully saturated rings. The first-order valence-corrected chi connectivity index (χ1v) is 10.5. The summed E-state index contributed by atoms with van der Waals surface area (Å²) < 4.78 is 34.5. The summed E-state index contributed by atoms with van der Waals surface area (Å²) >= 11 is 5.99. The van der Waals surface area contributed by atoms with Gasteiger partial charge in [0.15, 0.2) is 0 Å². The third kappa shape index (κ3) is 4.49. The molecule has 0 saturated heterocycles. The molecule has 1 aromatic heterocycles. The van der Waals surface area contributed by atoms with Crippen LogP contribution < -0.4 is 9.64 Å². The Bertz CT molecular complexity index is 1220. The van der Waals surface area contributed by atoms with E-state index in [9.17, 15) is 18.7 Å². The van der Waals surface area contributed by atoms with Crippen molar-refractivity contribution in [3.8, 4) is 11.8 Å². The fourth-order valence-corrected chi connectivity index (χ4v) is 3.64. The van der Waals surface area contributed by atoms with Gasteiger partial charge in [-0.1, -0.05) is 0 Å². The maximum atomic E-state index is 13.7. The second-order valence-corrected chi connectivity index (χ2v) is 7.90. The van der Waals surface area contributed by atoms with E-state index in [4.69, 9.17) is 16.3 Å². The summed E-state index contributed by atoms with van der Waals surface area (Å²) in [6.45, 7) is 0.393. The number of carbonyl (C=O) groups is 1. The number of benzene rings is 2. The quantitative estimate of drug-likeness (QED) is 0.536. The number of ether oxygens (including phenoxy) is 1. The van der Waals surface area contributed by atoms with E-state index >= 15 is 0 Å². The van der Waals surface area contributed by atoms with Gasteiger partial charge in [-0.05, 0) is 0 Å². The van der Waals surface area contributed by atoms with Crippen LogP contribution >= 0.6 is 11.6 Å². The van der Waals surface area contributed by atoms with Crippen LogP contribution in [-0.2, 0) is 6.54 Å². The van der Waals surface area contributed by atoms with Crippen LogP contribution in [0.25, 0.3) is 0 Å². The molecule has 0 spiro atoms. The van der Waals surface area contributed by atoms with E-state index in [1.54, 1.807) is 40.8 Å². The summed E-state index contributed by atoms with van der Waals surface area (Å²) in [5, 5.41) is 9.79. The fraction of sp³-hybridized carbons (Fsp3) is 0.227. The van der Waals surface area contributed by atoms with Gasteiger partial charge in [-0.15, -0.1) is 0 Å². The van der Waals surface area contributed by atoms with Gasteiger partial charge in [-0.2, -0.15) is 0 Å². The van der Waals surface area contributed by atoms with Gasteiger partial charge in [0.05, 0.1) is 0 Å². The van der Waals surface area contributed by atoms with Gasteiger partial charge in [0, 0.05) is 0 Å². The van der Waals surface area contributed by atoms with E-state index in [0.717, 1.165) is 17.7 Å². The third-order valence-corrected chi connectivity index (χ3v) is 5.52. The molecule has 1 aliphatic rings. The number of aliphatic hydroxyl groups excluding tert-OH is 1. The molecule has 0 bridgehead atoms. The molecule has 2 heterocycles. The normalized spacial score (nSPS) is 13.5. The third-order valence-electron chi connectivity index (χ3n) is 5.27. The zero-order chi connectivity index (χ0) is 23.7. The molecule has 1 amide bonds. The van der Waals surface area contributed by atoms with E-state index < -0.39 is 11.6 Å². The number of imidazole rings is 1. The number of rotatable bonds is 7. The van der Waals surface area contributed by atoms with Crippen molar-refractivity contribution in [3.05, 3.63) is 70.4 Å². The van der Waals surface area contributed by atoms with Crippen molar-refractivity contribution in [3.63, 3.8) is 0 Å². The molecule has 11 heteroatoms. The molecule has 1 aliphatic heterocycles. The Kier molecular flexibility index (Phi) is 6.48. The summed E-state index contributed by atoms with van der Waals surface area (Å²) in [6, 6.07) is 10.2. The average molecular weight is 473 g/mol. The van der Waals surface area contributed by atoms with Crippen LogP contribution in [0.1, 0.15) is 22.5 Å². The molecule has 1 N–H and O–H groups in total. The van der Waals surface area contributed by atoms with Gasteiger partial charge in [0.1, 0.15) is 0 Å². The first kappa shape index (κ1) is 22.9. The number of aromatic nitrogens is 2. The molecular weight excluding hydrogens is 453 g/mol. The van der Waals surface area contributed by atoms with Crippen LogP contribution in [0.3, 0.4) is 0 Å². The Morgan fingerprint density at radius 3 is 2.55 bits per heavy atom. The maximum absolute atomic E-state index is 13.7. The summed E-state index contributed by atoms with van der Waals surface area (Å²) in [5.74, 6) is -2.08. The summed E-state index contributed by atoms with van der Waals surface area (Å²) in [4.78, 5) is 21.0. The molecular formula is C22H20BClF2N4O3. The molecule has 0 atom stereocenters. The number of amides is 1. The molecule has 0 aliphatic carbocycles. The Morgan fingerprint density at radius 2 is 1.88 bits per heavy atom. The SMILES string of the molecule is B=C1N(CCCO)C(=O)c2c(nc(Oc3ccc(F)c(F)c3)n2Cc2ccc(Cl)cc2)N1C. The van der Waals surface area contributed by atoms with Gasteiger partial charge in [0.2, 0.25) is 0 Å². The van der Waals surface area contributed by atoms with Crippen LogP contribution in [0.4, 0.5) is 14.6 Å². The Morgan fingerprint density at radius 1 is 1.15 bits per heavy atom. The second-order valence-electron chi connectivity index (χ2n) is 7.47. The van der Waals surface area contributed by atoms with Crippen LogP contribution in [0.15, 0.2) is 42.5 Å². The monoisotopic (exact) mass is 472 g/mol. The molecule has 0 unspecified atom stereocenters. The summed E-state index contributed by atoms with van der Waals surface area (Å²) in [5.41, 5.74) is 1.46. The van der Waals surface area contributed by atoms with Gasteiger partial charge >= 0.3 is 195 Å². The first-order valence-electron chi connectivity index (χ1n) is 10.1. The molecule has 4 rings (SSSR count). The number of aliphatic hydroxyl groups is 1. The summed E-state index contributed by atoms with van der Waals surface area (Å²) in [7, 11) is 5.68. The number of nitrogens with zero attached hydrogens (tertiary/aromatic N) is 4. The number of anilines is 1. The van der Waals surface area contributed by atoms with Crippen molar-refractivity contribution in [2.24, 2.45) is 0 Å². The predicted molar refractivity (Wildman–Crippen MR) is 123 cm³/mol. The van der Waals surface area contributed by atoms with Crippen molar-refractivity contribution < 1.29 is 23.4 Å².